The van der Waals surface area contributed by atoms with Crippen molar-refractivity contribution >= 4 is 16.9 Å². The Hall–Kier alpha value is -2.44. The Morgan fingerprint density at radius 1 is 1.41 bits per heavy atom. The van der Waals surface area contributed by atoms with E-state index in [1.54, 1.807) is 12.4 Å². The molecule has 0 fully saturated rings. The molecule has 0 radical (unpaired) electrons. The van der Waals surface area contributed by atoms with Crippen LogP contribution in [0.3, 0.4) is 0 Å². The number of anilines is 1. The van der Waals surface area contributed by atoms with Crippen molar-refractivity contribution in [1.82, 2.24) is 29.9 Å². The summed E-state index contributed by atoms with van der Waals surface area (Å²) in [4.78, 5) is 8.27. The van der Waals surface area contributed by atoms with E-state index in [2.05, 4.69) is 30.6 Å². The molecule has 3 heterocycles. The van der Waals surface area contributed by atoms with Crippen LogP contribution in [-0.2, 0) is 13.6 Å². The predicted octanol–water partition coefficient (Wildman–Crippen LogP) is 0.698. The molecular weight excluding hydrogens is 218 g/mol. The normalized spacial score (nSPS) is 10.9. The molecule has 2 N–H and O–H groups in total. The van der Waals surface area contributed by atoms with E-state index in [1.807, 2.05) is 17.8 Å². The van der Waals surface area contributed by atoms with E-state index in [0.717, 1.165) is 22.5 Å². The van der Waals surface area contributed by atoms with E-state index < -0.39 is 0 Å². The molecule has 0 saturated carbocycles. The molecule has 0 unspecified atom stereocenters. The third-order valence-electron chi connectivity index (χ3n) is 2.61. The van der Waals surface area contributed by atoms with Gasteiger partial charge in [0, 0.05) is 13.2 Å². The number of nitrogens with zero attached hydrogens (tertiary/aromatic N) is 5. The van der Waals surface area contributed by atoms with Crippen LogP contribution in [0.2, 0.25) is 0 Å². The summed E-state index contributed by atoms with van der Waals surface area (Å²) in [6.45, 7) is 0.661. The molecule has 86 valence electrons. The third kappa shape index (κ3) is 1.71. The maximum atomic E-state index is 4.20. The van der Waals surface area contributed by atoms with Crippen molar-refractivity contribution in [1.29, 1.82) is 0 Å². The first-order chi connectivity index (χ1) is 8.34. The van der Waals surface area contributed by atoms with Gasteiger partial charge in [0.15, 0.2) is 5.65 Å². The van der Waals surface area contributed by atoms with E-state index in [-0.39, 0.29) is 0 Å². The Morgan fingerprint density at radius 3 is 3.18 bits per heavy atom. The Kier molecular flexibility index (Phi) is 2.21. The number of H-pyrrole nitrogens is 1. The molecule has 0 bridgehead atoms. The van der Waals surface area contributed by atoms with E-state index in [0.29, 0.717) is 6.54 Å². The molecule has 0 spiro atoms. The van der Waals surface area contributed by atoms with Crippen molar-refractivity contribution < 1.29 is 0 Å². The van der Waals surface area contributed by atoms with E-state index in [9.17, 15) is 0 Å². The third-order valence-corrected chi connectivity index (χ3v) is 2.61. The highest BCUT2D eigenvalue weighted by atomic mass is 15.3. The first-order valence-corrected chi connectivity index (χ1v) is 5.19. The molecule has 0 aliphatic carbocycles. The SMILES string of the molecule is Cn1nccc1CNc1ncnc2[nH]ncc12. The van der Waals surface area contributed by atoms with Gasteiger partial charge in [-0.05, 0) is 6.07 Å². The molecule has 0 aliphatic rings. The van der Waals surface area contributed by atoms with Crippen LogP contribution in [0.5, 0.6) is 0 Å². The lowest BCUT2D eigenvalue weighted by Gasteiger charge is -2.05. The predicted molar refractivity (Wildman–Crippen MR) is 62.2 cm³/mol. The molecule has 7 heteroatoms. The van der Waals surface area contributed by atoms with Crippen molar-refractivity contribution in [2.45, 2.75) is 6.54 Å². The Balaban J connectivity index is 1.86. The number of rotatable bonds is 3. The van der Waals surface area contributed by atoms with Gasteiger partial charge in [-0.3, -0.25) is 9.78 Å². The first kappa shape index (κ1) is 9.76. The van der Waals surface area contributed by atoms with Crippen LogP contribution >= 0.6 is 0 Å². The summed E-state index contributed by atoms with van der Waals surface area (Å²) >= 11 is 0. The van der Waals surface area contributed by atoms with Gasteiger partial charge in [0.05, 0.1) is 23.8 Å². The molecule has 3 aromatic rings. The standard InChI is InChI=1S/C10H11N7/c1-17-7(2-3-15-17)4-11-9-8-5-14-16-10(8)13-6-12-9/h2-3,5-6H,4H2,1H3,(H2,11,12,13,14,16). The van der Waals surface area contributed by atoms with Gasteiger partial charge in [-0.15, -0.1) is 0 Å². The Labute approximate surface area is 96.9 Å². The van der Waals surface area contributed by atoms with Crippen LogP contribution < -0.4 is 5.32 Å². The molecule has 3 aromatic heterocycles. The second kappa shape index (κ2) is 3.85. The summed E-state index contributed by atoms with van der Waals surface area (Å²) in [5.74, 6) is 0.768. The smallest absolute Gasteiger partial charge is 0.160 e. The van der Waals surface area contributed by atoms with Crippen molar-refractivity contribution in [3.8, 4) is 0 Å². The van der Waals surface area contributed by atoms with Crippen LogP contribution in [0.25, 0.3) is 11.0 Å². The molecule has 0 amide bonds. The van der Waals surface area contributed by atoms with Gasteiger partial charge in [0.25, 0.3) is 0 Å². The summed E-state index contributed by atoms with van der Waals surface area (Å²) in [6.07, 6.45) is 4.98. The summed E-state index contributed by atoms with van der Waals surface area (Å²) in [5, 5.41) is 15.0. The van der Waals surface area contributed by atoms with Gasteiger partial charge in [-0.2, -0.15) is 10.2 Å². The average Bonchev–Trinajstić information content (AvgIpc) is 2.95. The van der Waals surface area contributed by atoms with Gasteiger partial charge in [-0.1, -0.05) is 0 Å². The van der Waals surface area contributed by atoms with Gasteiger partial charge < -0.3 is 5.32 Å². The Morgan fingerprint density at radius 2 is 2.35 bits per heavy atom. The fraction of sp³-hybridized carbons (Fsp3) is 0.200. The zero-order chi connectivity index (χ0) is 11.7. The Bertz CT molecular complexity index is 639. The largest absolute Gasteiger partial charge is 0.364 e. The van der Waals surface area contributed by atoms with Crippen LogP contribution in [0.1, 0.15) is 5.69 Å². The fourth-order valence-electron chi connectivity index (χ4n) is 1.65. The van der Waals surface area contributed by atoms with Crippen LogP contribution in [0, 0.1) is 0 Å². The zero-order valence-electron chi connectivity index (χ0n) is 9.25. The number of nitrogens with one attached hydrogen (secondary N) is 2. The summed E-state index contributed by atoms with van der Waals surface area (Å²) in [5.41, 5.74) is 1.81. The molecule has 0 aliphatic heterocycles. The lowest BCUT2D eigenvalue weighted by Crippen LogP contribution is -2.06. The number of aromatic amines is 1. The zero-order valence-corrected chi connectivity index (χ0v) is 9.25. The van der Waals surface area contributed by atoms with Crippen LogP contribution in [0.15, 0.2) is 24.8 Å². The lowest BCUT2D eigenvalue weighted by atomic mass is 10.3. The van der Waals surface area contributed by atoms with Gasteiger partial charge >= 0.3 is 0 Å². The fourth-order valence-corrected chi connectivity index (χ4v) is 1.65. The van der Waals surface area contributed by atoms with E-state index in [4.69, 9.17) is 0 Å². The van der Waals surface area contributed by atoms with Crippen molar-refractivity contribution in [3.63, 3.8) is 0 Å². The molecule has 7 nitrogen and oxygen atoms in total. The highest BCUT2D eigenvalue weighted by molar-refractivity contribution is 5.85. The quantitative estimate of drug-likeness (QED) is 0.690. The second-order valence-electron chi connectivity index (χ2n) is 3.65. The van der Waals surface area contributed by atoms with Crippen LogP contribution in [0.4, 0.5) is 5.82 Å². The van der Waals surface area contributed by atoms with Gasteiger partial charge in [0.2, 0.25) is 0 Å². The average molecular weight is 229 g/mol. The highest BCUT2D eigenvalue weighted by Crippen LogP contribution is 2.16. The monoisotopic (exact) mass is 229 g/mol. The molecule has 3 rings (SSSR count). The van der Waals surface area contributed by atoms with Crippen LogP contribution in [-0.4, -0.2) is 29.9 Å². The maximum Gasteiger partial charge on any atom is 0.160 e. The van der Waals surface area contributed by atoms with Gasteiger partial charge in [0.1, 0.15) is 12.1 Å². The minimum Gasteiger partial charge on any atom is -0.364 e. The summed E-state index contributed by atoms with van der Waals surface area (Å²) < 4.78 is 1.82. The van der Waals surface area contributed by atoms with E-state index in [1.165, 1.54) is 6.33 Å². The molecule has 0 saturated heterocycles. The number of fused-ring (bicyclic) bond motifs is 1. The molecule has 0 aromatic carbocycles. The van der Waals surface area contributed by atoms with Crippen molar-refractivity contribution in [3.05, 3.63) is 30.5 Å². The summed E-state index contributed by atoms with van der Waals surface area (Å²) in [6, 6.07) is 1.96. The first-order valence-electron chi connectivity index (χ1n) is 5.19. The number of hydrogen-bond donors (Lipinski definition) is 2. The second-order valence-corrected chi connectivity index (χ2v) is 3.65. The number of aromatic nitrogens is 6. The van der Waals surface area contributed by atoms with Crippen molar-refractivity contribution in [2.24, 2.45) is 7.05 Å². The van der Waals surface area contributed by atoms with Gasteiger partial charge in [-0.25, -0.2) is 9.97 Å². The lowest BCUT2D eigenvalue weighted by molar-refractivity contribution is 0.720. The maximum absolute atomic E-state index is 4.20. The minimum atomic E-state index is 0.661. The number of hydrogen-bond acceptors (Lipinski definition) is 5. The minimum absolute atomic E-state index is 0.661. The summed E-state index contributed by atoms with van der Waals surface area (Å²) in [7, 11) is 1.91. The molecular formula is C10H11N7. The molecule has 0 atom stereocenters. The highest BCUT2D eigenvalue weighted by Gasteiger charge is 2.05. The topological polar surface area (TPSA) is 84.3 Å². The van der Waals surface area contributed by atoms with Crippen molar-refractivity contribution in [2.75, 3.05) is 5.32 Å². The number of aryl methyl sites for hydroxylation is 1. The van der Waals surface area contributed by atoms with E-state index >= 15 is 0 Å². The molecule has 17 heavy (non-hydrogen) atoms.